The molecule has 0 atom stereocenters. The summed E-state index contributed by atoms with van der Waals surface area (Å²) in [6.07, 6.45) is 3.48. The van der Waals surface area contributed by atoms with Crippen molar-refractivity contribution in [1.29, 1.82) is 0 Å². The molecule has 0 fully saturated rings. The first-order chi connectivity index (χ1) is 34.5. The van der Waals surface area contributed by atoms with E-state index in [1.54, 1.807) is 61.0 Å². The van der Waals surface area contributed by atoms with Crippen LogP contribution >= 0.6 is 0 Å². The normalized spacial score (nSPS) is 11.2. The van der Waals surface area contributed by atoms with E-state index in [0.717, 1.165) is 55.7 Å². The van der Waals surface area contributed by atoms with Gasteiger partial charge in [-0.25, -0.2) is 14.4 Å². The second-order valence-corrected chi connectivity index (χ2v) is 16.3. The molecule has 0 bridgehead atoms. The van der Waals surface area contributed by atoms with E-state index in [-0.39, 0.29) is 16.8 Å². The van der Waals surface area contributed by atoms with Crippen LogP contribution in [0.5, 0.6) is 11.5 Å². The van der Waals surface area contributed by atoms with E-state index in [9.17, 15) is 14.4 Å². The maximum Gasteiger partial charge on any atom is 0.344 e. The van der Waals surface area contributed by atoms with Crippen LogP contribution in [0.4, 0.5) is 34.1 Å². The number of carbonyl (C=O) groups is 1. The number of nitrogen functional groups attached to an aromatic ring is 4. The van der Waals surface area contributed by atoms with Gasteiger partial charge >= 0.3 is 17.2 Å². The lowest BCUT2D eigenvalue weighted by Gasteiger charge is -2.08. The minimum atomic E-state index is -0.545. The number of nitrogens with two attached hydrogens (primary N) is 4. The Morgan fingerprint density at radius 1 is 0.479 bits per heavy atom. The molecule has 0 saturated heterocycles. The third-order valence-corrected chi connectivity index (χ3v) is 11.0. The number of ether oxygens (including phenoxy) is 2. The van der Waals surface area contributed by atoms with Gasteiger partial charge in [0.1, 0.15) is 29.3 Å². The van der Waals surface area contributed by atoms with Crippen LogP contribution in [-0.2, 0) is 6.61 Å². The van der Waals surface area contributed by atoms with Crippen LogP contribution in [0.25, 0.3) is 44.2 Å². The number of benzene rings is 8. The number of para-hydroxylation sites is 2. The monoisotopic (exact) mass is 936 g/mol. The minimum Gasteiger partial charge on any atom is -0.489 e. The average molecular weight is 937 g/mol. The Bertz CT molecular complexity index is 3680. The first-order valence-electron chi connectivity index (χ1n) is 22.2. The van der Waals surface area contributed by atoms with E-state index < -0.39 is 5.97 Å². The maximum absolute atomic E-state index is 12.4. The number of esters is 1. The lowest BCUT2D eigenvalue weighted by molar-refractivity contribution is 0.0735. The Kier molecular flexibility index (Phi) is 13.6. The van der Waals surface area contributed by atoms with Crippen LogP contribution in [0.3, 0.4) is 0 Å². The van der Waals surface area contributed by atoms with Crippen molar-refractivity contribution in [3.8, 4) is 33.8 Å². The summed E-state index contributed by atoms with van der Waals surface area (Å²) in [5, 5.41) is 1.74. The number of aliphatic imine (C=N–C) groups is 2. The summed E-state index contributed by atoms with van der Waals surface area (Å²) in [7, 11) is 0. The summed E-state index contributed by atoms with van der Waals surface area (Å²) in [5.74, 6) is 0.578. The van der Waals surface area contributed by atoms with Gasteiger partial charge in [-0.15, -0.1) is 0 Å². The first kappa shape index (κ1) is 46.1. The molecule has 0 aliphatic rings. The molecule has 0 spiro atoms. The van der Waals surface area contributed by atoms with E-state index in [0.29, 0.717) is 57.4 Å². The molecule has 13 heteroatoms. The summed E-state index contributed by atoms with van der Waals surface area (Å²) in [4.78, 5) is 46.1. The van der Waals surface area contributed by atoms with Crippen molar-refractivity contribution < 1.29 is 23.1 Å². The van der Waals surface area contributed by atoms with Crippen LogP contribution in [0.15, 0.2) is 223 Å². The van der Waals surface area contributed by atoms with Gasteiger partial charge < -0.3 is 41.2 Å². The average Bonchev–Trinajstić information content (AvgIpc) is 3.37. The van der Waals surface area contributed by atoms with Crippen LogP contribution < -0.4 is 43.7 Å². The van der Waals surface area contributed by atoms with Gasteiger partial charge in [-0.2, -0.15) is 0 Å². The fraction of sp³-hybridized carbons (Fsp3) is 0.0172. The summed E-state index contributed by atoms with van der Waals surface area (Å²) < 4.78 is 22.1. The molecule has 0 aliphatic carbocycles. The van der Waals surface area contributed by atoms with Gasteiger partial charge in [0.15, 0.2) is 0 Å². The van der Waals surface area contributed by atoms with E-state index in [2.05, 4.69) is 9.98 Å². The van der Waals surface area contributed by atoms with E-state index in [1.165, 1.54) is 12.1 Å². The number of nitrogens with zero attached hydrogens (tertiary/aromatic N) is 2. The van der Waals surface area contributed by atoms with Crippen molar-refractivity contribution >= 4 is 74.5 Å². The molecule has 13 nitrogen and oxygen atoms in total. The van der Waals surface area contributed by atoms with Crippen molar-refractivity contribution in [2.24, 2.45) is 9.98 Å². The molecule has 2 aromatic heterocycles. The molecule has 71 heavy (non-hydrogen) atoms. The summed E-state index contributed by atoms with van der Waals surface area (Å²) in [5.41, 5.74) is 32.5. The largest absolute Gasteiger partial charge is 0.489 e. The number of rotatable bonds is 11. The molecule has 0 amide bonds. The molecule has 10 aromatic rings. The predicted molar refractivity (Wildman–Crippen MR) is 283 cm³/mol. The van der Waals surface area contributed by atoms with Gasteiger partial charge in [0.25, 0.3) is 0 Å². The molecule has 8 N–H and O–H groups in total. The smallest absolute Gasteiger partial charge is 0.344 e. The van der Waals surface area contributed by atoms with Crippen LogP contribution in [0.1, 0.15) is 27.0 Å². The molecule has 0 aliphatic heterocycles. The topological polar surface area (TPSA) is 225 Å². The number of hydrogen-bond acceptors (Lipinski definition) is 13. The summed E-state index contributed by atoms with van der Waals surface area (Å²) >= 11 is 0. The van der Waals surface area contributed by atoms with Crippen molar-refractivity contribution in [2.45, 2.75) is 6.61 Å². The van der Waals surface area contributed by atoms with Gasteiger partial charge in [-0.3, -0.25) is 9.98 Å². The summed E-state index contributed by atoms with van der Waals surface area (Å²) in [6.45, 7) is 0.380. The molecule has 0 unspecified atom stereocenters. The highest BCUT2D eigenvalue weighted by Gasteiger charge is 2.12. The standard InChI is InChI=1S/C29H21N3O4.C29H23N3O3/c30-22-13-21(14-23(31)16-22)28(33)35-25-11-5-18(6-12-25)17-32-24-9-7-19(8-10-24)26-15-20-3-1-2-4-27(20)36-29(26)34;30-23-13-20(14-24(31)16-23)18-34-26-11-5-19(6-12-26)17-32-25-9-7-21(8-10-25)27-15-22-3-1-2-4-28(22)35-29(27)33/h1-17H,30-31H2;1-17H,18,30-31H2. The van der Waals surface area contributed by atoms with Gasteiger partial charge in [0.2, 0.25) is 0 Å². The number of hydrogen-bond donors (Lipinski definition) is 4. The van der Waals surface area contributed by atoms with Crippen LogP contribution in [-0.4, -0.2) is 18.4 Å². The van der Waals surface area contributed by atoms with Gasteiger partial charge in [-0.05, 0) is 161 Å². The molecule has 0 saturated carbocycles. The Labute approximate surface area is 406 Å². The Morgan fingerprint density at radius 3 is 1.37 bits per heavy atom. The quantitative estimate of drug-likeness (QED) is 0.0314. The maximum atomic E-state index is 12.4. The zero-order chi connectivity index (χ0) is 49.3. The Morgan fingerprint density at radius 2 is 0.901 bits per heavy atom. The first-order valence-corrected chi connectivity index (χ1v) is 22.2. The molecular formula is C58H44N6O7. The van der Waals surface area contributed by atoms with Crippen molar-refractivity contribution in [3.63, 3.8) is 0 Å². The molecule has 8 aromatic carbocycles. The molecule has 0 radical (unpaired) electrons. The third-order valence-electron chi connectivity index (χ3n) is 11.0. The fourth-order valence-electron chi connectivity index (χ4n) is 7.51. The fourth-order valence-corrected chi connectivity index (χ4v) is 7.51. The number of fused-ring (bicyclic) bond motifs is 2. The van der Waals surface area contributed by atoms with E-state index in [1.807, 2.05) is 133 Å². The van der Waals surface area contributed by atoms with Crippen molar-refractivity contribution in [3.05, 3.63) is 237 Å². The SMILES string of the molecule is Nc1cc(N)cc(C(=O)Oc2ccc(C=Nc3ccc(-c4cc5ccccc5oc4=O)cc3)cc2)c1.Nc1cc(N)cc(COc2ccc(C=Nc3ccc(-c4cc5ccccc5oc4=O)cc3)cc2)c1. The van der Waals surface area contributed by atoms with Crippen LogP contribution in [0.2, 0.25) is 0 Å². The number of carbonyl (C=O) groups excluding carboxylic acids is 1. The van der Waals surface area contributed by atoms with Gasteiger partial charge in [-0.1, -0.05) is 60.7 Å². The third kappa shape index (κ3) is 11.8. The predicted octanol–water partition coefficient (Wildman–Crippen LogP) is 11.5. The zero-order valence-corrected chi connectivity index (χ0v) is 37.9. The Balaban J connectivity index is 0.000000176. The lowest BCUT2D eigenvalue weighted by atomic mass is 10.1. The lowest BCUT2D eigenvalue weighted by Crippen LogP contribution is -2.09. The minimum absolute atomic E-state index is 0.281. The van der Waals surface area contributed by atoms with Gasteiger partial charge in [0, 0.05) is 46.0 Å². The number of anilines is 4. The van der Waals surface area contributed by atoms with Crippen molar-refractivity contribution in [1.82, 2.24) is 0 Å². The Hall–Kier alpha value is -10.0. The van der Waals surface area contributed by atoms with Crippen LogP contribution in [0, 0.1) is 0 Å². The molecular weight excluding hydrogens is 893 g/mol. The molecule has 348 valence electrons. The van der Waals surface area contributed by atoms with Crippen molar-refractivity contribution in [2.75, 3.05) is 22.9 Å². The highest BCUT2D eigenvalue weighted by atomic mass is 16.5. The summed E-state index contributed by atoms with van der Waals surface area (Å²) in [6, 6.07) is 57.9. The highest BCUT2D eigenvalue weighted by molar-refractivity contribution is 5.93. The molecule has 10 rings (SSSR count). The second kappa shape index (κ2) is 20.9. The second-order valence-electron chi connectivity index (χ2n) is 16.3. The molecule has 2 heterocycles. The highest BCUT2D eigenvalue weighted by Crippen LogP contribution is 2.26. The van der Waals surface area contributed by atoms with E-state index >= 15 is 0 Å². The van der Waals surface area contributed by atoms with E-state index in [4.69, 9.17) is 41.2 Å². The van der Waals surface area contributed by atoms with Gasteiger partial charge in [0.05, 0.1) is 28.1 Å². The zero-order valence-electron chi connectivity index (χ0n) is 37.9.